The summed E-state index contributed by atoms with van der Waals surface area (Å²) in [5.41, 5.74) is -8.20. The number of benzene rings is 2. The first-order valence-corrected chi connectivity index (χ1v) is 9.45. The van der Waals surface area contributed by atoms with Gasteiger partial charge in [0.05, 0.1) is 5.69 Å². The van der Waals surface area contributed by atoms with Crippen LogP contribution < -0.4 is 21.9 Å². The highest BCUT2D eigenvalue weighted by molar-refractivity contribution is 6.30. The standard InChI is InChI=1S/C20H11ClF4N4O4/c21-10-3-1-9(2-4-10)15(30)28-19(20(23,24)25)13-14(26-17(19)32)29(18(33)27-16(13)31)12-7-5-11(22)6-8-12/h1-8H,(H,26,32)(H,28,30)(H,27,31,33)/t19-/m0/s1. The third-order valence-corrected chi connectivity index (χ3v) is 5.23. The van der Waals surface area contributed by atoms with Crippen LogP contribution in [-0.2, 0) is 10.3 Å². The monoisotopic (exact) mass is 482 g/mol. The van der Waals surface area contributed by atoms with Crippen LogP contribution in [0.3, 0.4) is 0 Å². The molecule has 0 bridgehead atoms. The summed E-state index contributed by atoms with van der Waals surface area (Å²) in [4.78, 5) is 52.0. The molecule has 0 spiro atoms. The molecule has 2 heterocycles. The number of halogens is 5. The van der Waals surface area contributed by atoms with E-state index in [2.05, 4.69) is 0 Å². The zero-order valence-corrected chi connectivity index (χ0v) is 16.8. The van der Waals surface area contributed by atoms with Crippen molar-refractivity contribution in [1.82, 2.24) is 14.9 Å². The summed E-state index contributed by atoms with van der Waals surface area (Å²) in [6.45, 7) is 0. The van der Waals surface area contributed by atoms with Gasteiger partial charge in [-0.25, -0.2) is 13.8 Å². The SMILES string of the molecule is O=C(N[C@]1(C(F)(F)F)C(=O)Nc2c1c(=O)[nH]c(=O)n2-c1ccc(F)cc1)c1ccc(Cl)cc1. The highest BCUT2D eigenvalue weighted by atomic mass is 35.5. The number of hydrogen-bond donors (Lipinski definition) is 3. The van der Waals surface area contributed by atoms with Gasteiger partial charge in [-0.05, 0) is 48.5 Å². The molecule has 170 valence electrons. The summed E-state index contributed by atoms with van der Waals surface area (Å²) in [5, 5.41) is 3.70. The van der Waals surface area contributed by atoms with Crippen molar-refractivity contribution < 1.29 is 27.2 Å². The molecule has 8 nitrogen and oxygen atoms in total. The number of hydrogen-bond acceptors (Lipinski definition) is 4. The maximum atomic E-state index is 14.4. The lowest BCUT2D eigenvalue weighted by atomic mass is 9.91. The van der Waals surface area contributed by atoms with Crippen molar-refractivity contribution in [3.8, 4) is 5.69 Å². The number of alkyl halides is 3. The van der Waals surface area contributed by atoms with E-state index < -0.39 is 52.0 Å². The van der Waals surface area contributed by atoms with E-state index >= 15 is 0 Å². The molecule has 1 aromatic heterocycles. The summed E-state index contributed by atoms with van der Waals surface area (Å²) in [7, 11) is 0. The molecule has 0 aliphatic carbocycles. The van der Waals surface area contributed by atoms with Crippen molar-refractivity contribution in [2.24, 2.45) is 0 Å². The van der Waals surface area contributed by atoms with Crippen LogP contribution in [0.5, 0.6) is 0 Å². The fraction of sp³-hybridized carbons (Fsp3) is 0.100. The molecule has 3 aromatic rings. The van der Waals surface area contributed by atoms with Gasteiger partial charge in [-0.3, -0.25) is 19.4 Å². The molecule has 0 unspecified atom stereocenters. The number of rotatable bonds is 3. The van der Waals surface area contributed by atoms with Gasteiger partial charge < -0.3 is 10.6 Å². The minimum atomic E-state index is -5.50. The van der Waals surface area contributed by atoms with Crippen LogP contribution in [0.2, 0.25) is 5.02 Å². The van der Waals surface area contributed by atoms with E-state index in [1.54, 1.807) is 10.3 Å². The average Bonchev–Trinajstić information content (AvgIpc) is 3.03. The third-order valence-electron chi connectivity index (χ3n) is 4.98. The first kappa shape index (κ1) is 22.3. The summed E-state index contributed by atoms with van der Waals surface area (Å²) in [5.74, 6) is -4.64. The number of aromatic nitrogens is 2. The first-order valence-electron chi connectivity index (χ1n) is 9.07. The zero-order chi connectivity index (χ0) is 24.1. The average molecular weight is 483 g/mol. The van der Waals surface area contributed by atoms with Crippen molar-refractivity contribution in [1.29, 1.82) is 0 Å². The van der Waals surface area contributed by atoms with Crippen LogP contribution in [0.1, 0.15) is 15.9 Å². The smallest absolute Gasteiger partial charge is 0.326 e. The number of nitrogens with one attached hydrogen (secondary N) is 3. The minimum absolute atomic E-state index is 0.142. The largest absolute Gasteiger partial charge is 0.425 e. The number of nitrogens with zero attached hydrogens (tertiary/aromatic N) is 1. The van der Waals surface area contributed by atoms with Gasteiger partial charge in [0.2, 0.25) is 0 Å². The Balaban J connectivity index is 1.96. The van der Waals surface area contributed by atoms with Crippen molar-refractivity contribution in [3.05, 3.63) is 91.3 Å². The molecule has 2 amide bonds. The lowest BCUT2D eigenvalue weighted by Crippen LogP contribution is -2.62. The van der Waals surface area contributed by atoms with Gasteiger partial charge in [-0.15, -0.1) is 0 Å². The van der Waals surface area contributed by atoms with E-state index in [1.165, 1.54) is 12.1 Å². The fourth-order valence-electron chi connectivity index (χ4n) is 3.46. The molecule has 3 N–H and O–H groups in total. The molecule has 0 saturated heterocycles. The number of fused-ring (bicyclic) bond motifs is 1. The summed E-state index contributed by atoms with van der Waals surface area (Å²) < 4.78 is 57.0. The Morgan fingerprint density at radius 3 is 2.18 bits per heavy atom. The van der Waals surface area contributed by atoms with E-state index in [0.29, 0.717) is 4.57 Å². The predicted octanol–water partition coefficient (Wildman–Crippen LogP) is 2.46. The summed E-state index contributed by atoms with van der Waals surface area (Å²) in [6.07, 6.45) is -5.50. The van der Waals surface area contributed by atoms with Crippen LogP contribution >= 0.6 is 11.6 Å². The van der Waals surface area contributed by atoms with Gasteiger partial charge in [0.1, 0.15) is 17.2 Å². The second-order valence-electron chi connectivity index (χ2n) is 6.96. The summed E-state index contributed by atoms with van der Waals surface area (Å²) in [6, 6.07) is 8.71. The van der Waals surface area contributed by atoms with Gasteiger partial charge in [-0.2, -0.15) is 13.2 Å². The Morgan fingerprint density at radius 1 is 1.00 bits per heavy atom. The van der Waals surface area contributed by atoms with Crippen molar-refractivity contribution in [2.45, 2.75) is 11.7 Å². The lowest BCUT2D eigenvalue weighted by molar-refractivity contribution is -0.196. The molecule has 1 atom stereocenters. The maximum absolute atomic E-state index is 14.4. The van der Waals surface area contributed by atoms with Crippen molar-refractivity contribution >= 4 is 29.2 Å². The minimum Gasteiger partial charge on any atom is -0.326 e. The quantitative estimate of drug-likeness (QED) is 0.498. The molecular weight excluding hydrogens is 472 g/mol. The number of carbonyl (C=O) groups is 2. The van der Waals surface area contributed by atoms with Gasteiger partial charge in [0.15, 0.2) is 0 Å². The Bertz CT molecular complexity index is 1400. The Labute approximate surface area is 185 Å². The summed E-state index contributed by atoms with van der Waals surface area (Å²) >= 11 is 5.72. The predicted molar refractivity (Wildman–Crippen MR) is 108 cm³/mol. The molecule has 2 aromatic carbocycles. The molecule has 13 heteroatoms. The van der Waals surface area contributed by atoms with Gasteiger partial charge in [0, 0.05) is 10.6 Å². The second-order valence-corrected chi connectivity index (χ2v) is 7.39. The Morgan fingerprint density at radius 2 is 1.61 bits per heavy atom. The van der Waals surface area contributed by atoms with Gasteiger partial charge in [-0.1, -0.05) is 11.6 Å². The van der Waals surface area contributed by atoms with Crippen LogP contribution in [0.15, 0.2) is 58.1 Å². The van der Waals surface area contributed by atoms with E-state index in [9.17, 15) is 36.7 Å². The van der Waals surface area contributed by atoms with E-state index in [0.717, 1.165) is 36.4 Å². The topological polar surface area (TPSA) is 113 Å². The highest BCUT2D eigenvalue weighted by Crippen LogP contribution is 2.45. The normalized spacial score (nSPS) is 17.4. The van der Waals surface area contributed by atoms with Crippen LogP contribution in [0.25, 0.3) is 5.69 Å². The lowest BCUT2D eigenvalue weighted by Gasteiger charge is -2.30. The van der Waals surface area contributed by atoms with Gasteiger partial charge >= 0.3 is 11.9 Å². The van der Waals surface area contributed by atoms with E-state index in [-0.39, 0.29) is 16.3 Å². The molecule has 1 aliphatic heterocycles. The second kappa shape index (κ2) is 7.59. The molecule has 0 saturated carbocycles. The van der Waals surface area contributed by atoms with Crippen molar-refractivity contribution in [3.63, 3.8) is 0 Å². The third kappa shape index (κ3) is 3.48. The number of H-pyrrole nitrogens is 1. The number of carbonyl (C=O) groups excluding carboxylic acids is 2. The Kier molecular flexibility index (Phi) is 5.12. The molecule has 33 heavy (non-hydrogen) atoms. The molecule has 4 rings (SSSR count). The van der Waals surface area contributed by atoms with Crippen LogP contribution in [-0.4, -0.2) is 27.5 Å². The van der Waals surface area contributed by atoms with Gasteiger partial charge in [0.25, 0.3) is 22.9 Å². The van der Waals surface area contributed by atoms with E-state index in [1.807, 2.05) is 5.32 Å². The van der Waals surface area contributed by atoms with Crippen molar-refractivity contribution in [2.75, 3.05) is 5.32 Å². The molecule has 1 aliphatic rings. The highest BCUT2D eigenvalue weighted by Gasteiger charge is 2.68. The van der Waals surface area contributed by atoms with Crippen LogP contribution in [0.4, 0.5) is 23.4 Å². The number of anilines is 1. The molecule has 0 fully saturated rings. The Hall–Kier alpha value is -3.93. The maximum Gasteiger partial charge on any atom is 0.425 e. The molecular formula is C20H11ClF4N4O4. The fourth-order valence-corrected chi connectivity index (χ4v) is 3.58. The first-order chi connectivity index (χ1) is 15.5. The number of aromatic amines is 1. The number of amides is 2. The van der Waals surface area contributed by atoms with Crippen LogP contribution in [0, 0.1) is 5.82 Å². The van der Waals surface area contributed by atoms with E-state index in [4.69, 9.17) is 11.6 Å². The molecule has 0 radical (unpaired) electrons. The zero-order valence-electron chi connectivity index (χ0n) is 16.1.